The van der Waals surface area contributed by atoms with Gasteiger partial charge in [0.15, 0.2) is 0 Å². The number of esters is 1. The summed E-state index contributed by atoms with van der Waals surface area (Å²) in [5.41, 5.74) is -0.186. The Kier molecular flexibility index (Phi) is 5.65. The molecule has 0 unspecified atom stereocenters. The van der Waals surface area contributed by atoms with E-state index < -0.39 is 29.0 Å². The number of methoxy groups -OCH3 is 1. The van der Waals surface area contributed by atoms with Gasteiger partial charge >= 0.3 is 5.97 Å². The molecule has 0 spiro atoms. The number of carbonyl (C=O) groups excluding carboxylic acids is 1. The van der Waals surface area contributed by atoms with Gasteiger partial charge in [-0.3, -0.25) is 4.79 Å². The molecule has 5 heteroatoms. The van der Waals surface area contributed by atoms with Crippen LogP contribution in [0, 0.1) is 44.3 Å². The molecule has 3 saturated carbocycles. The molecular weight excluding hydrogens is 452 g/mol. The number of hydrogen-bond acceptors (Lipinski definition) is 5. The van der Waals surface area contributed by atoms with Crippen LogP contribution in [0.25, 0.3) is 0 Å². The molecule has 0 aromatic heterocycles. The molecule has 0 aromatic rings. The van der Waals surface area contributed by atoms with Crippen molar-refractivity contribution in [2.24, 2.45) is 44.3 Å². The van der Waals surface area contributed by atoms with Crippen LogP contribution in [0.15, 0.2) is 23.3 Å². The van der Waals surface area contributed by atoms with Crippen LogP contribution in [-0.4, -0.2) is 46.7 Å². The highest BCUT2D eigenvalue weighted by atomic mass is 16.5. The van der Waals surface area contributed by atoms with Gasteiger partial charge in [-0.25, -0.2) is 0 Å². The minimum Gasteiger partial charge on any atom is -0.468 e. The molecule has 0 aromatic carbocycles. The van der Waals surface area contributed by atoms with Crippen molar-refractivity contribution in [3.8, 4) is 0 Å². The van der Waals surface area contributed by atoms with Crippen LogP contribution < -0.4 is 0 Å². The maximum atomic E-state index is 13.4. The predicted molar refractivity (Wildman–Crippen MR) is 140 cm³/mol. The molecule has 0 aliphatic heterocycles. The van der Waals surface area contributed by atoms with Crippen molar-refractivity contribution in [1.82, 2.24) is 0 Å². The Morgan fingerprint density at radius 3 is 2.22 bits per heavy atom. The second-order valence-corrected chi connectivity index (χ2v) is 15.1. The first-order valence-corrected chi connectivity index (χ1v) is 14.1. The zero-order valence-electron chi connectivity index (χ0n) is 23.6. The van der Waals surface area contributed by atoms with E-state index in [0.29, 0.717) is 18.8 Å². The zero-order valence-corrected chi connectivity index (χ0v) is 23.6. The smallest absolute Gasteiger partial charge is 0.318 e. The monoisotopic (exact) mass is 500 g/mol. The lowest BCUT2D eigenvalue weighted by Crippen LogP contribution is -2.67. The van der Waals surface area contributed by atoms with Crippen LogP contribution in [0.1, 0.15) is 93.4 Å². The summed E-state index contributed by atoms with van der Waals surface area (Å²) < 4.78 is 5.31. The van der Waals surface area contributed by atoms with Crippen LogP contribution >= 0.6 is 0 Å². The molecule has 5 aliphatic rings. The molecule has 3 N–H and O–H groups in total. The van der Waals surface area contributed by atoms with Crippen LogP contribution in [0.5, 0.6) is 0 Å². The van der Waals surface area contributed by atoms with E-state index >= 15 is 0 Å². The largest absolute Gasteiger partial charge is 0.468 e. The molecule has 36 heavy (non-hydrogen) atoms. The molecule has 0 heterocycles. The fourth-order valence-corrected chi connectivity index (χ4v) is 10.4. The van der Waals surface area contributed by atoms with Gasteiger partial charge < -0.3 is 20.1 Å². The van der Waals surface area contributed by atoms with Crippen molar-refractivity contribution in [1.29, 1.82) is 0 Å². The van der Waals surface area contributed by atoms with E-state index in [1.54, 1.807) is 0 Å². The average Bonchev–Trinajstić information content (AvgIpc) is 2.77. The van der Waals surface area contributed by atoms with Gasteiger partial charge in [0.05, 0.1) is 25.4 Å². The Bertz CT molecular complexity index is 1020. The Morgan fingerprint density at radius 2 is 1.58 bits per heavy atom. The van der Waals surface area contributed by atoms with E-state index in [9.17, 15) is 20.1 Å². The minimum atomic E-state index is -1.19. The summed E-state index contributed by atoms with van der Waals surface area (Å²) in [5.74, 6) is 0.236. The van der Waals surface area contributed by atoms with E-state index in [1.807, 2.05) is 0 Å². The molecule has 0 bridgehead atoms. The molecule has 3 fully saturated rings. The molecule has 9 atom stereocenters. The van der Waals surface area contributed by atoms with E-state index in [-0.39, 0.29) is 40.1 Å². The molecular formula is C31H48O5. The highest BCUT2D eigenvalue weighted by Gasteiger charge is 2.70. The summed E-state index contributed by atoms with van der Waals surface area (Å²) in [6, 6.07) is 0. The fraction of sp³-hybridized carbons (Fsp3) is 0.839. The number of allylic oxidation sites excluding steroid dienone is 2. The third-order valence-electron chi connectivity index (χ3n) is 12.6. The van der Waals surface area contributed by atoms with Crippen LogP contribution in [0.4, 0.5) is 0 Å². The van der Waals surface area contributed by atoms with Crippen molar-refractivity contribution in [3.05, 3.63) is 23.3 Å². The molecule has 5 nitrogen and oxygen atoms in total. The summed E-state index contributed by atoms with van der Waals surface area (Å²) in [4.78, 5) is 13.4. The lowest BCUT2D eigenvalue weighted by atomic mass is 9.34. The number of hydrogen-bond donors (Lipinski definition) is 3. The summed E-state index contributed by atoms with van der Waals surface area (Å²) >= 11 is 0. The van der Waals surface area contributed by atoms with E-state index in [1.165, 1.54) is 7.11 Å². The lowest BCUT2D eigenvalue weighted by molar-refractivity contribution is -0.205. The molecule has 0 amide bonds. The number of ether oxygens (including phenoxy) is 1. The second kappa shape index (κ2) is 7.70. The Labute approximate surface area is 217 Å². The molecule has 0 radical (unpaired) electrons. The van der Waals surface area contributed by atoms with E-state index in [0.717, 1.165) is 36.8 Å². The molecule has 5 aliphatic carbocycles. The quantitative estimate of drug-likeness (QED) is 0.432. The van der Waals surface area contributed by atoms with Gasteiger partial charge in [0.25, 0.3) is 0 Å². The maximum Gasteiger partial charge on any atom is 0.318 e. The average molecular weight is 501 g/mol. The van der Waals surface area contributed by atoms with Crippen molar-refractivity contribution >= 4 is 5.97 Å². The number of rotatable bonds is 1. The normalized spacial score (nSPS) is 50.9. The second-order valence-electron chi connectivity index (χ2n) is 15.1. The fourth-order valence-electron chi connectivity index (χ4n) is 10.4. The van der Waals surface area contributed by atoms with Crippen molar-refractivity contribution in [2.45, 2.75) is 112 Å². The third kappa shape index (κ3) is 2.97. The van der Waals surface area contributed by atoms with Gasteiger partial charge in [0.2, 0.25) is 0 Å². The SMILES string of the molecule is COC(=O)[C@@]12C[C@@H](O)[C@@]3(C)C(=C1CC(C)(C)C[C@@H]2O)C=C[C@@H]1[C@]2(C)CC[C@@H](O)C(C)(C)[C@H]2CC[C@@]13C. The van der Waals surface area contributed by atoms with Crippen molar-refractivity contribution < 1.29 is 24.9 Å². The molecule has 0 saturated heterocycles. The first-order chi connectivity index (χ1) is 16.5. The first-order valence-electron chi connectivity index (χ1n) is 14.1. The summed E-state index contributed by atoms with van der Waals surface area (Å²) in [7, 11) is 1.39. The minimum absolute atomic E-state index is 0.0212. The Balaban J connectivity index is 1.73. The topological polar surface area (TPSA) is 87.0 Å². The van der Waals surface area contributed by atoms with Crippen molar-refractivity contribution in [3.63, 3.8) is 0 Å². The van der Waals surface area contributed by atoms with Crippen LogP contribution in [0.3, 0.4) is 0 Å². The van der Waals surface area contributed by atoms with Gasteiger partial charge in [-0.05, 0) is 89.6 Å². The zero-order chi connectivity index (χ0) is 26.7. The Hall–Kier alpha value is -1.17. The lowest BCUT2D eigenvalue weighted by Gasteiger charge is -2.70. The van der Waals surface area contributed by atoms with E-state index in [4.69, 9.17) is 4.74 Å². The Morgan fingerprint density at radius 1 is 0.917 bits per heavy atom. The summed E-state index contributed by atoms with van der Waals surface area (Å²) in [6.07, 6.45) is 7.81. The van der Waals surface area contributed by atoms with Gasteiger partial charge in [0.1, 0.15) is 5.41 Å². The highest BCUT2D eigenvalue weighted by Crippen LogP contribution is 2.74. The maximum absolute atomic E-state index is 13.4. The number of carbonyl (C=O) groups is 1. The predicted octanol–water partition coefficient (Wildman–Crippen LogP) is 5.18. The van der Waals surface area contributed by atoms with Crippen LogP contribution in [0.2, 0.25) is 0 Å². The number of aliphatic hydroxyl groups excluding tert-OH is 3. The number of aliphatic hydroxyl groups is 3. The van der Waals surface area contributed by atoms with E-state index in [2.05, 4.69) is 60.6 Å². The molecule has 5 rings (SSSR count). The van der Waals surface area contributed by atoms with Gasteiger partial charge in [-0.15, -0.1) is 0 Å². The van der Waals surface area contributed by atoms with Crippen LogP contribution in [-0.2, 0) is 9.53 Å². The summed E-state index contributed by atoms with van der Waals surface area (Å²) in [6.45, 7) is 15.8. The third-order valence-corrected chi connectivity index (χ3v) is 12.6. The van der Waals surface area contributed by atoms with Crippen molar-refractivity contribution in [2.75, 3.05) is 7.11 Å². The number of fused-ring (bicyclic) bond motifs is 6. The summed E-state index contributed by atoms with van der Waals surface area (Å²) in [5, 5.41) is 34.4. The van der Waals surface area contributed by atoms with Gasteiger partial charge in [-0.1, -0.05) is 60.6 Å². The highest BCUT2D eigenvalue weighted by molar-refractivity contribution is 5.83. The van der Waals surface area contributed by atoms with Gasteiger partial charge in [-0.2, -0.15) is 0 Å². The standard InChI is InChI=1S/C31H48O5/c1-26(2)15-19-18-9-10-21-28(5)13-12-22(32)27(3,4)20(28)11-14-29(21,6)30(18,7)23(33)17-31(19,24(34)16-26)25(35)36-8/h9-10,20-24,32-34H,11-17H2,1-8H3/t20-,21-,22-,23-,24+,28-,29+,30-,31+/m1/s1. The first kappa shape index (κ1) is 26.4. The van der Waals surface area contributed by atoms with Gasteiger partial charge in [0, 0.05) is 5.41 Å². The molecule has 202 valence electrons.